The average molecular weight is 394 g/mol. The normalized spacial score (nSPS) is 17.4. The first-order valence-corrected chi connectivity index (χ1v) is 10.2. The molecule has 0 unspecified atom stereocenters. The van der Waals surface area contributed by atoms with Crippen LogP contribution in [0.2, 0.25) is 0 Å². The molecule has 1 aromatic rings. The number of nitrogens with one attached hydrogen (secondary N) is 1. The molecule has 0 spiro atoms. The average Bonchev–Trinajstić information content (AvgIpc) is 3.51. The molecular formula is C20H31N3O3S. The second-order valence-electron chi connectivity index (χ2n) is 7.11. The van der Waals surface area contributed by atoms with E-state index < -0.39 is 0 Å². The van der Waals surface area contributed by atoms with Gasteiger partial charge < -0.3 is 24.4 Å². The van der Waals surface area contributed by atoms with Crippen LogP contribution in [-0.4, -0.2) is 74.6 Å². The van der Waals surface area contributed by atoms with Crippen molar-refractivity contribution >= 4 is 17.3 Å². The molecule has 6 nitrogen and oxygen atoms in total. The molecule has 27 heavy (non-hydrogen) atoms. The van der Waals surface area contributed by atoms with Crippen LogP contribution in [0.15, 0.2) is 18.2 Å². The van der Waals surface area contributed by atoms with E-state index in [0.29, 0.717) is 12.6 Å². The Hall–Kier alpha value is -1.57. The maximum atomic E-state index is 5.71. The van der Waals surface area contributed by atoms with Crippen LogP contribution in [0.3, 0.4) is 0 Å². The zero-order valence-electron chi connectivity index (χ0n) is 16.4. The van der Waals surface area contributed by atoms with Crippen LogP contribution in [0.25, 0.3) is 0 Å². The molecular weight excluding hydrogens is 362 g/mol. The third kappa shape index (κ3) is 5.96. The van der Waals surface area contributed by atoms with Crippen molar-refractivity contribution in [2.45, 2.75) is 31.8 Å². The van der Waals surface area contributed by atoms with Crippen LogP contribution < -0.4 is 14.8 Å². The maximum Gasteiger partial charge on any atom is 0.169 e. The van der Waals surface area contributed by atoms with E-state index in [0.717, 1.165) is 68.0 Å². The number of benzene rings is 1. The van der Waals surface area contributed by atoms with Gasteiger partial charge in [0.25, 0.3) is 0 Å². The summed E-state index contributed by atoms with van der Waals surface area (Å²) in [4.78, 5) is 4.72. The second kappa shape index (κ2) is 10.1. The Morgan fingerprint density at radius 1 is 1.26 bits per heavy atom. The van der Waals surface area contributed by atoms with E-state index in [1.54, 1.807) is 14.2 Å². The van der Waals surface area contributed by atoms with Crippen LogP contribution in [0.5, 0.6) is 11.5 Å². The number of rotatable bonds is 9. The number of morpholine rings is 1. The minimum absolute atomic E-state index is 0.548. The van der Waals surface area contributed by atoms with E-state index in [1.165, 1.54) is 12.8 Å². The summed E-state index contributed by atoms with van der Waals surface area (Å²) in [5.41, 5.74) is 1.09. The molecule has 3 rings (SSSR count). The van der Waals surface area contributed by atoms with Gasteiger partial charge in [-0.3, -0.25) is 4.90 Å². The van der Waals surface area contributed by atoms with Crippen molar-refractivity contribution in [2.24, 2.45) is 0 Å². The van der Waals surface area contributed by atoms with E-state index in [4.69, 9.17) is 26.4 Å². The van der Waals surface area contributed by atoms with Gasteiger partial charge in [0.2, 0.25) is 0 Å². The molecule has 1 aromatic carbocycles. The van der Waals surface area contributed by atoms with E-state index in [9.17, 15) is 0 Å². The molecule has 0 radical (unpaired) electrons. The fraction of sp³-hybridized carbons (Fsp3) is 0.650. The summed E-state index contributed by atoms with van der Waals surface area (Å²) in [7, 11) is 3.35. The highest BCUT2D eigenvalue weighted by Crippen LogP contribution is 2.31. The number of thiocarbonyl (C=S) groups is 1. The third-order valence-corrected chi connectivity index (χ3v) is 5.42. The summed E-state index contributed by atoms with van der Waals surface area (Å²) in [5, 5.41) is 4.32. The molecule has 1 saturated heterocycles. The number of hydrogen-bond acceptors (Lipinski definition) is 5. The Labute approximate surface area is 167 Å². The van der Waals surface area contributed by atoms with Gasteiger partial charge in [-0.25, -0.2) is 0 Å². The quantitative estimate of drug-likeness (QED) is 0.646. The van der Waals surface area contributed by atoms with Crippen molar-refractivity contribution in [1.29, 1.82) is 0 Å². The number of para-hydroxylation sites is 1. The highest BCUT2D eigenvalue weighted by Gasteiger charge is 2.24. The fourth-order valence-electron chi connectivity index (χ4n) is 3.34. The minimum atomic E-state index is 0.548. The second-order valence-corrected chi connectivity index (χ2v) is 7.49. The zero-order valence-corrected chi connectivity index (χ0v) is 17.2. The van der Waals surface area contributed by atoms with E-state index >= 15 is 0 Å². The van der Waals surface area contributed by atoms with Crippen LogP contribution in [-0.2, 0) is 11.3 Å². The fourth-order valence-corrected chi connectivity index (χ4v) is 3.66. The first-order chi connectivity index (χ1) is 13.2. The summed E-state index contributed by atoms with van der Waals surface area (Å²) in [5.74, 6) is 1.54. The Balaban J connectivity index is 1.63. The Morgan fingerprint density at radius 3 is 2.70 bits per heavy atom. The van der Waals surface area contributed by atoms with Gasteiger partial charge in [0, 0.05) is 44.3 Å². The molecule has 150 valence electrons. The lowest BCUT2D eigenvalue weighted by Crippen LogP contribution is -2.42. The molecule has 0 bridgehead atoms. The highest BCUT2D eigenvalue weighted by molar-refractivity contribution is 7.80. The van der Waals surface area contributed by atoms with Crippen LogP contribution in [0, 0.1) is 0 Å². The number of nitrogens with zero attached hydrogens (tertiary/aromatic N) is 2. The predicted molar refractivity (Wildman–Crippen MR) is 111 cm³/mol. The summed E-state index contributed by atoms with van der Waals surface area (Å²) in [6.07, 6.45) is 3.49. The van der Waals surface area contributed by atoms with E-state index in [1.807, 2.05) is 12.1 Å². The number of methoxy groups -OCH3 is 2. The summed E-state index contributed by atoms with van der Waals surface area (Å²) >= 11 is 5.71. The maximum absolute atomic E-state index is 5.71. The van der Waals surface area contributed by atoms with Gasteiger partial charge in [-0.05, 0) is 37.5 Å². The molecule has 2 aliphatic rings. The summed E-state index contributed by atoms with van der Waals surface area (Å²) in [6, 6.07) is 6.55. The largest absolute Gasteiger partial charge is 0.493 e. The smallest absolute Gasteiger partial charge is 0.169 e. The van der Waals surface area contributed by atoms with Gasteiger partial charge in [-0.2, -0.15) is 0 Å². The molecule has 1 N–H and O–H groups in total. The Morgan fingerprint density at radius 2 is 2.04 bits per heavy atom. The summed E-state index contributed by atoms with van der Waals surface area (Å²) in [6.45, 7) is 6.42. The van der Waals surface area contributed by atoms with Gasteiger partial charge in [0.15, 0.2) is 16.6 Å². The predicted octanol–water partition coefficient (Wildman–Crippen LogP) is 2.27. The molecule has 1 aliphatic heterocycles. The van der Waals surface area contributed by atoms with Gasteiger partial charge in [-0.15, -0.1) is 0 Å². The first kappa shape index (κ1) is 20.2. The van der Waals surface area contributed by atoms with Crippen molar-refractivity contribution in [3.8, 4) is 11.5 Å². The van der Waals surface area contributed by atoms with Crippen molar-refractivity contribution in [1.82, 2.24) is 15.1 Å². The van der Waals surface area contributed by atoms with E-state index in [-0.39, 0.29) is 0 Å². The molecule has 7 heteroatoms. The van der Waals surface area contributed by atoms with Crippen molar-refractivity contribution in [3.63, 3.8) is 0 Å². The lowest BCUT2D eigenvalue weighted by Gasteiger charge is -2.30. The monoisotopic (exact) mass is 393 g/mol. The van der Waals surface area contributed by atoms with Crippen LogP contribution >= 0.6 is 12.2 Å². The molecule has 1 aliphatic carbocycles. The molecule has 2 fully saturated rings. The zero-order chi connectivity index (χ0) is 19.1. The number of ether oxygens (including phenoxy) is 3. The topological polar surface area (TPSA) is 46.2 Å². The first-order valence-electron chi connectivity index (χ1n) is 9.76. The Kier molecular flexibility index (Phi) is 7.55. The Bertz CT molecular complexity index is 618. The van der Waals surface area contributed by atoms with Gasteiger partial charge >= 0.3 is 0 Å². The van der Waals surface area contributed by atoms with Crippen molar-refractivity contribution < 1.29 is 14.2 Å². The summed E-state index contributed by atoms with van der Waals surface area (Å²) < 4.78 is 16.5. The lowest BCUT2D eigenvalue weighted by atomic mass is 10.1. The molecule has 1 heterocycles. The highest BCUT2D eigenvalue weighted by atomic mass is 32.1. The standard InChI is InChI=1S/C20H31N3O3S/c1-24-18-6-3-5-16(19(18)25-2)15-23(20(27)21-17-7-8-17)10-4-9-22-11-13-26-14-12-22/h3,5-6,17H,4,7-15H2,1-2H3,(H,21,27). The minimum Gasteiger partial charge on any atom is -0.493 e. The van der Waals surface area contributed by atoms with E-state index in [2.05, 4.69) is 21.2 Å². The molecule has 0 amide bonds. The van der Waals surface area contributed by atoms with Gasteiger partial charge in [0.05, 0.1) is 27.4 Å². The molecule has 1 saturated carbocycles. The van der Waals surface area contributed by atoms with Crippen molar-refractivity contribution in [3.05, 3.63) is 23.8 Å². The van der Waals surface area contributed by atoms with Gasteiger partial charge in [-0.1, -0.05) is 12.1 Å². The van der Waals surface area contributed by atoms with Crippen LogP contribution in [0.4, 0.5) is 0 Å². The number of hydrogen-bond donors (Lipinski definition) is 1. The van der Waals surface area contributed by atoms with Crippen molar-refractivity contribution in [2.75, 3.05) is 53.6 Å². The van der Waals surface area contributed by atoms with Crippen LogP contribution in [0.1, 0.15) is 24.8 Å². The lowest BCUT2D eigenvalue weighted by molar-refractivity contribution is 0.0367. The third-order valence-electron chi connectivity index (χ3n) is 5.04. The molecule has 0 aromatic heterocycles. The van der Waals surface area contributed by atoms with Gasteiger partial charge in [0.1, 0.15) is 0 Å². The molecule has 0 atom stereocenters. The SMILES string of the molecule is COc1cccc(CN(CCCN2CCOCC2)C(=S)NC2CC2)c1OC.